The molecule has 0 fully saturated rings. The quantitative estimate of drug-likeness (QED) is 0.794. The lowest BCUT2D eigenvalue weighted by Crippen LogP contribution is -2.05. The van der Waals surface area contributed by atoms with E-state index in [-0.39, 0.29) is 0 Å². The van der Waals surface area contributed by atoms with E-state index in [1.807, 2.05) is 12.1 Å². The highest BCUT2D eigenvalue weighted by Crippen LogP contribution is 2.07. The third-order valence-electron chi connectivity index (χ3n) is 2.08. The Hall–Kier alpha value is -1.95. The van der Waals surface area contributed by atoms with Gasteiger partial charge in [-0.3, -0.25) is 0 Å². The fourth-order valence-corrected chi connectivity index (χ4v) is 1.33. The molecule has 6 heteroatoms. The van der Waals surface area contributed by atoms with Crippen LogP contribution in [0.3, 0.4) is 0 Å². The van der Waals surface area contributed by atoms with Crippen LogP contribution < -0.4 is 10.5 Å². The smallest absolute Gasteiger partial charge is 0.213 e. The van der Waals surface area contributed by atoms with Crippen LogP contribution in [0.2, 0.25) is 0 Å². The summed E-state index contributed by atoms with van der Waals surface area (Å²) in [5.41, 5.74) is 6.30. The minimum atomic E-state index is 0.346. The van der Waals surface area contributed by atoms with Gasteiger partial charge in [0.2, 0.25) is 5.88 Å². The Labute approximate surface area is 93.1 Å². The molecule has 0 aliphatic rings. The summed E-state index contributed by atoms with van der Waals surface area (Å²) in [4.78, 5) is 8.32. The molecule has 0 radical (unpaired) electrons. The number of nitrogens with zero attached hydrogens (tertiary/aromatic N) is 4. The Morgan fingerprint density at radius 3 is 3.00 bits per heavy atom. The normalized spacial score (nSPS) is 10.4. The number of pyridine rings is 1. The van der Waals surface area contributed by atoms with Crippen LogP contribution in [-0.4, -0.2) is 26.9 Å². The lowest BCUT2D eigenvalue weighted by molar-refractivity contribution is 0.395. The van der Waals surface area contributed by atoms with Gasteiger partial charge in [0.05, 0.1) is 25.9 Å². The van der Waals surface area contributed by atoms with Gasteiger partial charge < -0.3 is 10.5 Å². The van der Waals surface area contributed by atoms with E-state index in [0.717, 1.165) is 5.69 Å². The van der Waals surface area contributed by atoms with Crippen molar-refractivity contribution >= 4 is 0 Å². The second-order valence-electron chi connectivity index (χ2n) is 3.23. The van der Waals surface area contributed by atoms with Gasteiger partial charge in [-0.25, -0.2) is 14.6 Å². The monoisotopic (exact) mass is 219 g/mol. The summed E-state index contributed by atoms with van der Waals surface area (Å²) in [6.45, 7) is 0.905. The van der Waals surface area contributed by atoms with Crippen molar-refractivity contribution in [2.75, 3.05) is 7.11 Å². The fourth-order valence-electron chi connectivity index (χ4n) is 1.33. The first kappa shape index (κ1) is 10.6. The molecule has 6 nitrogen and oxygen atoms in total. The molecule has 2 heterocycles. The summed E-state index contributed by atoms with van der Waals surface area (Å²) < 4.78 is 6.74. The van der Waals surface area contributed by atoms with Crippen molar-refractivity contribution in [2.24, 2.45) is 5.73 Å². The molecule has 2 N–H and O–H groups in total. The molecule has 2 rings (SSSR count). The van der Waals surface area contributed by atoms with E-state index in [4.69, 9.17) is 10.5 Å². The van der Waals surface area contributed by atoms with Gasteiger partial charge in [-0.15, -0.1) is 0 Å². The zero-order valence-electron chi connectivity index (χ0n) is 9.00. The summed E-state index contributed by atoms with van der Waals surface area (Å²) in [5.74, 6) is 1.22. The van der Waals surface area contributed by atoms with E-state index in [0.29, 0.717) is 24.8 Å². The van der Waals surface area contributed by atoms with Crippen molar-refractivity contribution < 1.29 is 4.74 Å². The van der Waals surface area contributed by atoms with E-state index in [1.54, 1.807) is 24.2 Å². The lowest BCUT2D eigenvalue weighted by Gasteiger charge is -2.02. The predicted molar refractivity (Wildman–Crippen MR) is 57.8 cm³/mol. The molecule has 0 spiro atoms. The van der Waals surface area contributed by atoms with Gasteiger partial charge in [-0.1, -0.05) is 6.07 Å². The molecule has 16 heavy (non-hydrogen) atoms. The second-order valence-corrected chi connectivity index (χ2v) is 3.23. The molecule has 0 aliphatic heterocycles. The summed E-state index contributed by atoms with van der Waals surface area (Å²) in [5, 5.41) is 4.18. The number of methoxy groups -OCH3 is 1. The highest BCUT2D eigenvalue weighted by Gasteiger charge is 2.01. The van der Waals surface area contributed by atoms with Crippen LogP contribution in [0.4, 0.5) is 0 Å². The zero-order chi connectivity index (χ0) is 11.4. The first-order valence-corrected chi connectivity index (χ1v) is 4.90. The van der Waals surface area contributed by atoms with Crippen LogP contribution in [0, 0.1) is 0 Å². The Morgan fingerprint density at radius 2 is 2.31 bits per heavy atom. The topological polar surface area (TPSA) is 78.9 Å². The number of rotatable bonds is 4. The van der Waals surface area contributed by atoms with E-state index in [1.165, 1.54) is 0 Å². The Bertz CT molecular complexity index is 468. The van der Waals surface area contributed by atoms with Gasteiger partial charge in [0.25, 0.3) is 0 Å². The first-order chi connectivity index (χ1) is 7.81. The third kappa shape index (κ3) is 2.34. The molecule has 0 unspecified atom stereocenters. The standard InChI is InChI=1S/C10H13N5O/c1-16-10-4-2-3-8(13-10)6-15-7-12-9(5-11)14-15/h2-4,7H,5-6,11H2,1H3. The average molecular weight is 219 g/mol. The number of aromatic nitrogens is 4. The van der Waals surface area contributed by atoms with Crippen molar-refractivity contribution in [3.05, 3.63) is 36.0 Å². The molecule has 0 aromatic carbocycles. The molecular formula is C10H13N5O. The number of ether oxygens (including phenoxy) is 1. The lowest BCUT2D eigenvalue weighted by atomic mass is 10.3. The Morgan fingerprint density at radius 1 is 1.44 bits per heavy atom. The minimum absolute atomic E-state index is 0.346. The number of nitrogens with two attached hydrogens (primary N) is 1. The molecule has 0 amide bonds. The van der Waals surface area contributed by atoms with Crippen LogP contribution in [0.1, 0.15) is 11.5 Å². The van der Waals surface area contributed by atoms with E-state index >= 15 is 0 Å². The largest absolute Gasteiger partial charge is 0.481 e. The number of hydrogen-bond donors (Lipinski definition) is 1. The van der Waals surface area contributed by atoms with Gasteiger partial charge in [0, 0.05) is 6.07 Å². The van der Waals surface area contributed by atoms with Gasteiger partial charge in [-0.2, -0.15) is 5.10 Å². The maximum atomic E-state index is 5.43. The van der Waals surface area contributed by atoms with Crippen LogP contribution >= 0.6 is 0 Å². The molecule has 0 bridgehead atoms. The van der Waals surface area contributed by atoms with E-state index in [9.17, 15) is 0 Å². The molecular weight excluding hydrogens is 206 g/mol. The van der Waals surface area contributed by atoms with Gasteiger partial charge in [-0.05, 0) is 6.07 Å². The summed E-state index contributed by atoms with van der Waals surface area (Å²) in [7, 11) is 1.59. The van der Waals surface area contributed by atoms with Crippen LogP contribution in [0.15, 0.2) is 24.5 Å². The van der Waals surface area contributed by atoms with Crippen LogP contribution in [-0.2, 0) is 13.1 Å². The highest BCUT2D eigenvalue weighted by molar-refractivity contribution is 5.15. The highest BCUT2D eigenvalue weighted by atomic mass is 16.5. The second kappa shape index (κ2) is 4.71. The summed E-state index contributed by atoms with van der Waals surface area (Å²) >= 11 is 0. The van der Waals surface area contributed by atoms with Crippen molar-refractivity contribution in [3.8, 4) is 5.88 Å². The van der Waals surface area contributed by atoms with Crippen LogP contribution in [0.5, 0.6) is 5.88 Å². The Kier molecular flexibility index (Phi) is 3.11. The van der Waals surface area contributed by atoms with Crippen molar-refractivity contribution in [1.82, 2.24) is 19.7 Å². The maximum Gasteiger partial charge on any atom is 0.213 e. The van der Waals surface area contributed by atoms with Gasteiger partial charge >= 0.3 is 0 Å². The molecule has 0 saturated heterocycles. The van der Waals surface area contributed by atoms with E-state index < -0.39 is 0 Å². The van der Waals surface area contributed by atoms with Crippen molar-refractivity contribution in [1.29, 1.82) is 0 Å². The van der Waals surface area contributed by atoms with Gasteiger partial charge in [0.15, 0.2) is 5.82 Å². The zero-order valence-corrected chi connectivity index (χ0v) is 9.00. The number of hydrogen-bond acceptors (Lipinski definition) is 5. The first-order valence-electron chi connectivity index (χ1n) is 4.90. The molecule has 2 aromatic heterocycles. The molecule has 84 valence electrons. The summed E-state index contributed by atoms with van der Waals surface area (Å²) in [6.07, 6.45) is 1.64. The molecule has 0 atom stereocenters. The third-order valence-corrected chi connectivity index (χ3v) is 2.08. The Balaban J connectivity index is 2.13. The fraction of sp³-hybridized carbons (Fsp3) is 0.300. The maximum absolute atomic E-state index is 5.43. The summed E-state index contributed by atoms with van der Waals surface area (Å²) in [6, 6.07) is 5.60. The molecule has 0 saturated carbocycles. The van der Waals surface area contributed by atoms with Crippen molar-refractivity contribution in [2.45, 2.75) is 13.1 Å². The minimum Gasteiger partial charge on any atom is -0.481 e. The molecule has 2 aromatic rings. The van der Waals surface area contributed by atoms with Crippen molar-refractivity contribution in [3.63, 3.8) is 0 Å². The average Bonchev–Trinajstić information content (AvgIpc) is 2.77. The van der Waals surface area contributed by atoms with E-state index in [2.05, 4.69) is 15.1 Å². The molecule has 0 aliphatic carbocycles. The SMILES string of the molecule is COc1cccc(Cn2cnc(CN)n2)n1. The predicted octanol–water partition coefficient (Wildman–Crippen LogP) is 0.189. The van der Waals surface area contributed by atoms with Gasteiger partial charge in [0.1, 0.15) is 6.33 Å². The van der Waals surface area contributed by atoms with Crippen LogP contribution in [0.25, 0.3) is 0 Å².